The zero-order valence-electron chi connectivity index (χ0n) is 14.6. The van der Waals surface area contributed by atoms with Crippen molar-refractivity contribution in [3.8, 4) is 0 Å². The molecule has 128 valence electrons. The van der Waals surface area contributed by atoms with Crippen molar-refractivity contribution < 1.29 is 0 Å². The van der Waals surface area contributed by atoms with Crippen LogP contribution in [-0.2, 0) is 6.54 Å². The second-order valence-corrected chi connectivity index (χ2v) is 6.90. The lowest BCUT2D eigenvalue weighted by molar-refractivity contribution is 0.469. The largest absolute Gasteiger partial charge is 0.357 e. The summed E-state index contributed by atoms with van der Waals surface area (Å²) in [4.78, 5) is 11.4. The molecule has 4 nitrogen and oxygen atoms in total. The van der Waals surface area contributed by atoms with Crippen LogP contribution in [0.25, 0.3) is 0 Å². The van der Waals surface area contributed by atoms with Gasteiger partial charge in [-0.25, -0.2) is 4.98 Å². The van der Waals surface area contributed by atoms with E-state index in [0.717, 1.165) is 48.6 Å². The predicted molar refractivity (Wildman–Crippen MR) is 108 cm³/mol. The summed E-state index contributed by atoms with van der Waals surface area (Å²) in [6, 6.07) is 0. The summed E-state index contributed by atoms with van der Waals surface area (Å²) >= 11 is 1.70. The summed E-state index contributed by atoms with van der Waals surface area (Å²) < 4.78 is 0. The van der Waals surface area contributed by atoms with Crippen LogP contribution in [0.1, 0.15) is 50.7 Å². The molecule has 0 aliphatic carbocycles. The SMILES string of the molecule is CCNC(=NCCCCC(C)C)N(C)Cc1csc(C)n1.I. The molecule has 6 heteroatoms. The van der Waals surface area contributed by atoms with E-state index in [4.69, 9.17) is 4.99 Å². The maximum atomic E-state index is 4.72. The third-order valence-corrected chi connectivity index (χ3v) is 4.04. The molecule has 1 rings (SSSR count). The highest BCUT2D eigenvalue weighted by Crippen LogP contribution is 2.10. The first kappa shape index (κ1) is 21.6. The molecule has 1 aromatic rings. The quantitative estimate of drug-likeness (QED) is 0.285. The van der Waals surface area contributed by atoms with Crippen LogP contribution < -0.4 is 5.32 Å². The fraction of sp³-hybridized carbons (Fsp3) is 0.750. The number of aromatic nitrogens is 1. The maximum absolute atomic E-state index is 4.72. The van der Waals surface area contributed by atoms with Crippen LogP contribution in [0.5, 0.6) is 0 Å². The molecule has 1 aromatic heterocycles. The lowest BCUT2D eigenvalue weighted by Crippen LogP contribution is -2.38. The van der Waals surface area contributed by atoms with Crippen molar-refractivity contribution in [2.75, 3.05) is 20.1 Å². The molecule has 0 aromatic carbocycles. The first-order valence-corrected chi connectivity index (χ1v) is 8.81. The van der Waals surface area contributed by atoms with Gasteiger partial charge in [0, 0.05) is 25.5 Å². The Morgan fingerprint density at radius 3 is 2.68 bits per heavy atom. The van der Waals surface area contributed by atoms with Gasteiger partial charge in [-0.1, -0.05) is 26.7 Å². The van der Waals surface area contributed by atoms with E-state index in [2.05, 4.69) is 48.4 Å². The Morgan fingerprint density at radius 2 is 2.14 bits per heavy atom. The molecule has 22 heavy (non-hydrogen) atoms. The number of halogens is 1. The molecular weight excluding hydrogens is 407 g/mol. The Balaban J connectivity index is 0.00000441. The summed E-state index contributed by atoms with van der Waals surface area (Å²) in [6.07, 6.45) is 3.71. The summed E-state index contributed by atoms with van der Waals surface area (Å²) in [5.74, 6) is 1.77. The number of unbranched alkanes of at least 4 members (excludes halogenated alkanes) is 1. The Bertz CT molecular complexity index is 432. The van der Waals surface area contributed by atoms with Gasteiger partial charge < -0.3 is 10.2 Å². The predicted octanol–water partition coefficient (Wildman–Crippen LogP) is 4.29. The van der Waals surface area contributed by atoms with Crippen LogP contribution in [-0.4, -0.2) is 36.0 Å². The molecule has 0 atom stereocenters. The van der Waals surface area contributed by atoms with Crippen molar-refractivity contribution in [3.63, 3.8) is 0 Å². The molecular formula is C16H31IN4S. The Morgan fingerprint density at radius 1 is 1.41 bits per heavy atom. The number of nitrogens with one attached hydrogen (secondary N) is 1. The second kappa shape index (κ2) is 12.1. The minimum atomic E-state index is 0. The number of thiazole rings is 1. The van der Waals surface area contributed by atoms with E-state index in [1.165, 1.54) is 12.8 Å². The lowest BCUT2D eigenvalue weighted by Gasteiger charge is -2.21. The van der Waals surface area contributed by atoms with Gasteiger partial charge in [0.15, 0.2) is 5.96 Å². The first-order chi connectivity index (χ1) is 10.0. The highest BCUT2D eigenvalue weighted by atomic mass is 127. The third-order valence-electron chi connectivity index (χ3n) is 3.21. The highest BCUT2D eigenvalue weighted by Gasteiger charge is 2.08. The standard InChI is InChI=1S/C16H30N4S.HI/c1-6-17-16(18-10-8-7-9-13(2)3)20(5)11-15-12-21-14(4)19-15;/h12-13H,6-11H2,1-5H3,(H,17,18);1H. The van der Waals surface area contributed by atoms with E-state index in [0.29, 0.717) is 0 Å². The lowest BCUT2D eigenvalue weighted by atomic mass is 10.1. The van der Waals surface area contributed by atoms with E-state index in [-0.39, 0.29) is 24.0 Å². The molecule has 0 aliphatic heterocycles. The molecule has 0 aliphatic rings. The average Bonchev–Trinajstić information content (AvgIpc) is 2.82. The zero-order chi connectivity index (χ0) is 15.7. The number of aryl methyl sites for hydroxylation is 1. The number of nitrogens with zero attached hydrogens (tertiary/aromatic N) is 3. The Kier molecular flexibility index (Phi) is 11.9. The molecule has 0 amide bonds. The van der Waals surface area contributed by atoms with E-state index < -0.39 is 0 Å². The van der Waals surface area contributed by atoms with Gasteiger partial charge in [0.2, 0.25) is 0 Å². The molecule has 1 N–H and O–H groups in total. The van der Waals surface area contributed by atoms with Crippen LogP contribution in [0.15, 0.2) is 10.4 Å². The normalized spacial score (nSPS) is 11.5. The topological polar surface area (TPSA) is 40.5 Å². The average molecular weight is 438 g/mol. The van der Waals surface area contributed by atoms with Crippen LogP contribution in [0.3, 0.4) is 0 Å². The van der Waals surface area contributed by atoms with E-state index in [9.17, 15) is 0 Å². The molecule has 0 radical (unpaired) electrons. The molecule has 0 saturated carbocycles. The smallest absolute Gasteiger partial charge is 0.194 e. The Labute approximate surface area is 156 Å². The van der Waals surface area contributed by atoms with Crippen LogP contribution in [0, 0.1) is 12.8 Å². The number of hydrogen-bond donors (Lipinski definition) is 1. The number of rotatable bonds is 8. The van der Waals surface area contributed by atoms with Crippen molar-refractivity contribution >= 4 is 41.3 Å². The van der Waals surface area contributed by atoms with Crippen molar-refractivity contribution in [1.29, 1.82) is 0 Å². The molecule has 0 fully saturated rings. The first-order valence-electron chi connectivity index (χ1n) is 7.93. The van der Waals surface area contributed by atoms with Gasteiger partial charge in [0.25, 0.3) is 0 Å². The maximum Gasteiger partial charge on any atom is 0.194 e. The van der Waals surface area contributed by atoms with Crippen LogP contribution in [0.2, 0.25) is 0 Å². The van der Waals surface area contributed by atoms with Crippen molar-refractivity contribution in [1.82, 2.24) is 15.2 Å². The minimum absolute atomic E-state index is 0. The van der Waals surface area contributed by atoms with Gasteiger partial charge in [-0.2, -0.15) is 0 Å². The van der Waals surface area contributed by atoms with Crippen molar-refractivity contribution in [2.45, 2.75) is 53.5 Å². The number of hydrogen-bond acceptors (Lipinski definition) is 3. The number of guanidine groups is 1. The third kappa shape index (κ3) is 8.92. The monoisotopic (exact) mass is 438 g/mol. The fourth-order valence-electron chi connectivity index (χ4n) is 2.12. The molecule has 0 unspecified atom stereocenters. The summed E-state index contributed by atoms with van der Waals surface area (Å²) in [5.41, 5.74) is 1.12. The van der Waals surface area contributed by atoms with Crippen LogP contribution in [0.4, 0.5) is 0 Å². The fourth-order valence-corrected chi connectivity index (χ4v) is 2.72. The molecule has 0 saturated heterocycles. The molecule has 0 bridgehead atoms. The minimum Gasteiger partial charge on any atom is -0.357 e. The van der Waals surface area contributed by atoms with Gasteiger partial charge >= 0.3 is 0 Å². The van der Waals surface area contributed by atoms with E-state index >= 15 is 0 Å². The van der Waals surface area contributed by atoms with Crippen molar-refractivity contribution in [2.24, 2.45) is 10.9 Å². The second-order valence-electron chi connectivity index (χ2n) is 5.84. The van der Waals surface area contributed by atoms with Gasteiger partial charge in [0.1, 0.15) is 0 Å². The summed E-state index contributed by atoms with van der Waals surface area (Å²) in [7, 11) is 2.07. The highest BCUT2D eigenvalue weighted by molar-refractivity contribution is 14.0. The summed E-state index contributed by atoms with van der Waals surface area (Å²) in [6.45, 7) is 11.3. The molecule has 1 heterocycles. The van der Waals surface area contributed by atoms with Crippen LogP contribution >= 0.6 is 35.3 Å². The van der Waals surface area contributed by atoms with Gasteiger partial charge in [0.05, 0.1) is 17.2 Å². The van der Waals surface area contributed by atoms with Gasteiger partial charge in [-0.05, 0) is 26.2 Å². The summed E-state index contributed by atoms with van der Waals surface area (Å²) in [5, 5.41) is 6.60. The molecule has 0 spiro atoms. The van der Waals surface area contributed by atoms with Crippen molar-refractivity contribution in [3.05, 3.63) is 16.1 Å². The van der Waals surface area contributed by atoms with Gasteiger partial charge in [-0.3, -0.25) is 4.99 Å². The number of aliphatic imine (C=N–C) groups is 1. The van der Waals surface area contributed by atoms with E-state index in [1.807, 2.05) is 6.92 Å². The zero-order valence-corrected chi connectivity index (χ0v) is 17.7. The van der Waals surface area contributed by atoms with E-state index in [1.54, 1.807) is 11.3 Å². The Hall–Kier alpha value is -0.370. The van der Waals surface area contributed by atoms with Gasteiger partial charge in [-0.15, -0.1) is 35.3 Å².